The molecule has 7 nitrogen and oxygen atoms in total. The minimum absolute atomic E-state index is 0.120. The predicted molar refractivity (Wildman–Crippen MR) is 98.6 cm³/mol. The molecule has 1 saturated carbocycles. The third-order valence-corrected chi connectivity index (χ3v) is 6.22. The number of nitrogens with zero attached hydrogens (tertiary/aromatic N) is 3. The van der Waals surface area contributed by atoms with Crippen LogP contribution in [0.4, 0.5) is 0 Å². The van der Waals surface area contributed by atoms with E-state index in [1.54, 1.807) is 6.07 Å². The van der Waals surface area contributed by atoms with E-state index in [2.05, 4.69) is 25.1 Å². The Bertz CT molecular complexity index is 980. The van der Waals surface area contributed by atoms with E-state index in [1.807, 2.05) is 18.2 Å². The second-order valence-electron chi connectivity index (χ2n) is 7.42. The molecule has 0 spiro atoms. The molecule has 2 heterocycles. The molecular weight excluding hydrogens is 354 g/mol. The van der Waals surface area contributed by atoms with E-state index in [-0.39, 0.29) is 18.4 Å². The SMILES string of the molecule is CC[NH+]1CC=C2C(C#N)C(=N)C(C#N)(C#N)[C@H](c3ccc4c(c3)OCO4)[C@H]2C1. The zero-order valence-electron chi connectivity index (χ0n) is 15.5. The number of likely N-dealkylation sites (N-methyl/N-ethyl adjacent to an activating group) is 1. The van der Waals surface area contributed by atoms with Crippen molar-refractivity contribution in [2.24, 2.45) is 17.3 Å². The van der Waals surface area contributed by atoms with Crippen LogP contribution in [0.1, 0.15) is 18.4 Å². The Balaban J connectivity index is 1.92. The summed E-state index contributed by atoms with van der Waals surface area (Å²) < 4.78 is 10.9. The molecule has 0 bridgehead atoms. The number of nitrogens with one attached hydrogen (secondary N) is 2. The lowest BCUT2D eigenvalue weighted by Crippen LogP contribution is -3.13. The number of hydrogen-bond donors (Lipinski definition) is 2. The van der Waals surface area contributed by atoms with E-state index < -0.39 is 17.3 Å². The lowest BCUT2D eigenvalue weighted by atomic mass is 9.54. The Hall–Kier alpha value is -3.34. The summed E-state index contributed by atoms with van der Waals surface area (Å²) in [7, 11) is 0. The highest BCUT2D eigenvalue weighted by Crippen LogP contribution is 2.53. The van der Waals surface area contributed by atoms with Gasteiger partial charge < -0.3 is 19.8 Å². The molecule has 1 aliphatic carbocycles. The summed E-state index contributed by atoms with van der Waals surface area (Å²) >= 11 is 0. The molecule has 1 aromatic carbocycles. The van der Waals surface area contributed by atoms with Crippen LogP contribution >= 0.6 is 0 Å². The number of quaternary nitrogens is 1. The molecule has 2 N–H and O–H groups in total. The van der Waals surface area contributed by atoms with Gasteiger partial charge in [-0.2, -0.15) is 15.8 Å². The maximum absolute atomic E-state index is 10.1. The van der Waals surface area contributed by atoms with Gasteiger partial charge in [-0.05, 0) is 36.3 Å². The van der Waals surface area contributed by atoms with Crippen LogP contribution in [0.5, 0.6) is 11.5 Å². The minimum Gasteiger partial charge on any atom is -0.454 e. The average molecular weight is 374 g/mol. The molecule has 0 amide bonds. The first-order valence-corrected chi connectivity index (χ1v) is 9.33. The zero-order chi connectivity index (χ0) is 19.9. The zero-order valence-corrected chi connectivity index (χ0v) is 15.5. The van der Waals surface area contributed by atoms with Gasteiger partial charge in [0.1, 0.15) is 5.92 Å². The van der Waals surface area contributed by atoms with E-state index in [0.717, 1.165) is 30.8 Å². The van der Waals surface area contributed by atoms with Gasteiger partial charge in [-0.25, -0.2) is 0 Å². The molecule has 0 radical (unpaired) electrons. The molecule has 28 heavy (non-hydrogen) atoms. The Morgan fingerprint density at radius 1 is 1.21 bits per heavy atom. The van der Waals surface area contributed by atoms with Gasteiger partial charge in [0.05, 0.1) is 43.6 Å². The first kappa shape index (κ1) is 18.0. The number of nitriles is 3. The monoisotopic (exact) mass is 374 g/mol. The highest BCUT2D eigenvalue weighted by Gasteiger charge is 2.58. The summed E-state index contributed by atoms with van der Waals surface area (Å²) in [4.78, 5) is 1.33. The maximum atomic E-state index is 10.1. The predicted octanol–water partition coefficient (Wildman–Crippen LogP) is 1.17. The van der Waals surface area contributed by atoms with Crippen molar-refractivity contribution in [1.82, 2.24) is 0 Å². The standard InChI is InChI=1S/C21H19N5O2/c1-2-26-6-5-14-15(8-22)20(25)21(10-23,11-24)19(16(14)9-26)13-3-4-17-18(7-13)28-12-27-17/h3-5,7,15-16,19,25H,2,6,9,12H2,1H3/p+1/t15?,16-,19+/m0/s1. The molecule has 4 atom stereocenters. The molecule has 1 aromatic rings. The summed E-state index contributed by atoms with van der Waals surface area (Å²) in [5.41, 5.74) is -0.174. The lowest BCUT2D eigenvalue weighted by Gasteiger charge is -2.46. The maximum Gasteiger partial charge on any atom is 0.231 e. The van der Waals surface area contributed by atoms with Gasteiger partial charge in [-0.1, -0.05) is 6.07 Å². The quantitative estimate of drug-likeness (QED) is 0.753. The fourth-order valence-corrected chi connectivity index (χ4v) is 4.73. The molecule has 1 fully saturated rings. The second-order valence-corrected chi connectivity index (χ2v) is 7.42. The van der Waals surface area contributed by atoms with Crippen molar-refractivity contribution in [3.05, 3.63) is 35.4 Å². The van der Waals surface area contributed by atoms with Gasteiger partial charge in [0.15, 0.2) is 16.9 Å². The van der Waals surface area contributed by atoms with Gasteiger partial charge in [0.25, 0.3) is 0 Å². The number of rotatable bonds is 2. The van der Waals surface area contributed by atoms with Crippen molar-refractivity contribution < 1.29 is 14.4 Å². The van der Waals surface area contributed by atoms with E-state index in [4.69, 9.17) is 14.9 Å². The normalized spacial score (nSPS) is 29.6. The van der Waals surface area contributed by atoms with E-state index in [0.29, 0.717) is 11.5 Å². The molecule has 0 saturated heterocycles. The third-order valence-electron chi connectivity index (χ3n) is 6.22. The highest BCUT2D eigenvalue weighted by molar-refractivity contribution is 6.00. The summed E-state index contributed by atoms with van der Waals surface area (Å²) in [6.45, 7) is 4.65. The van der Waals surface area contributed by atoms with E-state index >= 15 is 0 Å². The topological polar surface area (TPSA) is 118 Å². The first-order valence-electron chi connectivity index (χ1n) is 9.33. The van der Waals surface area contributed by atoms with Gasteiger partial charge in [0.2, 0.25) is 6.79 Å². The van der Waals surface area contributed by atoms with Crippen LogP contribution in [0.2, 0.25) is 0 Å². The second kappa shape index (κ2) is 6.68. The van der Waals surface area contributed by atoms with Gasteiger partial charge in [-0.15, -0.1) is 0 Å². The first-order chi connectivity index (χ1) is 13.6. The van der Waals surface area contributed by atoms with Gasteiger partial charge >= 0.3 is 0 Å². The summed E-state index contributed by atoms with van der Waals surface area (Å²) in [6, 6.07) is 11.9. The Labute approximate surface area is 163 Å². The number of ether oxygens (including phenoxy) is 2. The van der Waals surface area contributed by atoms with Crippen LogP contribution in [0.15, 0.2) is 29.8 Å². The van der Waals surface area contributed by atoms with Crippen molar-refractivity contribution in [1.29, 1.82) is 21.2 Å². The van der Waals surface area contributed by atoms with Crippen molar-refractivity contribution in [2.75, 3.05) is 26.4 Å². The molecule has 4 rings (SSSR count). The summed E-state index contributed by atoms with van der Waals surface area (Å²) in [5.74, 6) is -0.321. The Morgan fingerprint density at radius 3 is 2.64 bits per heavy atom. The molecule has 3 aliphatic rings. The Morgan fingerprint density at radius 2 is 1.96 bits per heavy atom. The highest BCUT2D eigenvalue weighted by atomic mass is 16.7. The largest absolute Gasteiger partial charge is 0.454 e. The van der Waals surface area contributed by atoms with Gasteiger partial charge in [0, 0.05) is 11.8 Å². The van der Waals surface area contributed by atoms with Crippen LogP contribution in [0.3, 0.4) is 0 Å². The average Bonchev–Trinajstić information content (AvgIpc) is 3.20. The van der Waals surface area contributed by atoms with Crippen molar-refractivity contribution >= 4 is 5.71 Å². The van der Waals surface area contributed by atoms with Crippen LogP contribution in [-0.4, -0.2) is 32.1 Å². The molecule has 140 valence electrons. The fourth-order valence-electron chi connectivity index (χ4n) is 4.73. The number of benzene rings is 1. The lowest BCUT2D eigenvalue weighted by molar-refractivity contribution is -0.897. The summed E-state index contributed by atoms with van der Waals surface area (Å²) in [5, 5.41) is 38.5. The van der Waals surface area contributed by atoms with Crippen molar-refractivity contribution in [3.8, 4) is 29.7 Å². The van der Waals surface area contributed by atoms with Crippen LogP contribution in [0, 0.1) is 56.7 Å². The van der Waals surface area contributed by atoms with E-state index in [9.17, 15) is 15.8 Å². The van der Waals surface area contributed by atoms with Crippen molar-refractivity contribution in [3.63, 3.8) is 0 Å². The molecule has 0 aromatic heterocycles. The molecular formula is C21H20N5O2+. The Kier molecular flexibility index (Phi) is 4.30. The molecule has 2 aliphatic heterocycles. The van der Waals surface area contributed by atoms with E-state index in [1.165, 1.54) is 4.90 Å². The van der Waals surface area contributed by atoms with Crippen LogP contribution in [-0.2, 0) is 0 Å². The number of hydrogen-bond acceptors (Lipinski definition) is 6. The third kappa shape index (κ3) is 2.39. The molecule has 2 unspecified atom stereocenters. The fraction of sp³-hybridized carbons (Fsp3) is 0.429. The van der Waals surface area contributed by atoms with Crippen molar-refractivity contribution in [2.45, 2.75) is 12.8 Å². The van der Waals surface area contributed by atoms with Crippen LogP contribution in [0.25, 0.3) is 0 Å². The smallest absolute Gasteiger partial charge is 0.231 e. The van der Waals surface area contributed by atoms with Gasteiger partial charge in [-0.3, -0.25) is 0 Å². The molecule has 7 heteroatoms. The number of fused-ring (bicyclic) bond motifs is 2. The minimum atomic E-state index is -1.69. The van der Waals surface area contributed by atoms with Crippen LogP contribution < -0.4 is 14.4 Å². The summed E-state index contributed by atoms with van der Waals surface area (Å²) in [6.07, 6.45) is 2.04.